The molecule has 0 saturated heterocycles. The van der Waals surface area contributed by atoms with Crippen LogP contribution < -0.4 is 5.32 Å². The Bertz CT molecular complexity index is 1080. The maximum absolute atomic E-state index is 14.0. The average molecular weight is 526 g/mol. The summed E-state index contributed by atoms with van der Waals surface area (Å²) in [6, 6.07) is -0.665. The van der Waals surface area contributed by atoms with Crippen molar-refractivity contribution in [3.8, 4) is 0 Å². The smallest absolute Gasteiger partial charge is 0.328 e. The molecule has 6 heteroatoms. The molecule has 6 nitrogen and oxygen atoms in total. The van der Waals surface area contributed by atoms with Gasteiger partial charge >= 0.3 is 5.97 Å². The SMILES string of the molecule is COC(=O)[C@H](NC(=O)C1(C)CCC[C@]2(C)[C@H]3C[C@H]4C(C(C)C)=C[C@]3(CC[C@@H]12)[C@@H]1C(=O)CCC(=O)[C@@H]14)C(C)C. The molecule has 4 fully saturated rings. The first kappa shape index (κ1) is 27.6. The Morgan fingerprint density at radius 3 is 2.32 bits per heavy atom. The fourth-order valence-corrected chi connectivity index (χ4v) is 10.3. The zero-order chi connectivity index (χ0) is 27.8. The lowest BCUT2D eigenvalue weighted by molar-refractivity contribution is -0.195. The Labute approximate surface area is 228 Å². The molecule has 9 atom stereocenters. The highest BCUT2D eigenvalue weighted by molar-refractivity contribution is 5.98. The van der Waals surface area contributed by atoms with Gasteiger partial charge in [0.15, 0.2) is 0 Å². The quantitative estimate of drug-likeness (QED) is 0.389. The van der Waals surface area contributed by atoms with Crippen molar-refractivity contribution in [3.63, 3.8) is 0 Å². The summed E-state index contributed by atoms with van der Waals surface area (Å²) in [5.41, 5.74) is 0.410. The molecule has 0 aromatic heterocycles. The third-order valence-electron chi connectivity index (χ3n) is 11.9. The number of nitrogens with one attached hydrogen (secondary N) is 1. The molecule has 4 saturated carbocycles. The standard InChI is InChI=1S/C32H47NO5/c1-17(2)20-16-32-14-11-23-30(5,24(32)15-19(20)25-21(34)9-10-22(35)26(25)32)12-8-13-31(23,6)29(37)33-27(18(3)4)28(36)38-7/h16-19,23-27H,8-15H2,1-7H3,(H,33,37)/t19-,23+,24+,25-,26+,27+,30-,31?,32-/m0/s1. The number of esters is 1. The van der Waals surface area contributed by atoms with Gasteiger partial charge in [-0.05, 0) is 67.1 Å². The van der Waals surface area contributed by atoms with E-state index >= 15 is 0 Å². The molecule has 1 amide bonds. The molecule has 210 valence electrons. The van der Waals surface area contributed by atoms with Gasteiger partial charge in [-0.25, -0.2) is 4.79 Å². The summed E-state index contributed by atoms with van der Waals surface area (Å²) in [5, 5.41) is 3.09. The Hall–Kier alpha value is -1.98. The number of fused-ring (bicyclic) bond motifs is 1. The monoisotopic (exact) mass is 525 g/mol. The van der Waals surface area contributed by atoms with Crippen molar-refractivity contribution in [2.24, 2.45) is 57.7 Å². The van der Waals surface area contributed by atoms with Gasteiger partial charge in [-0.3, -0.25) is 14.4 Å². The van der Waals surface area contributed by atoms with E-state index in [0.717, 1.165) is 38.5 Å². The molecule has 6 aliphatic carbocycles. The largest absolute Gasteiger partial charge is 0.467 e. The maximum Gasteiger partial charge on any atom is 0.328 e. The van der Waals surface area contributed by atoms with Crippen molar-refractivity contribution in [3.05, 3.63) is 11.6 Å². The number of hydrogen-bond donors (Lipinski definition) is 1. The molecule has 6 rings (SSSR count). The van der Waals surface area contributed by atoms with Gasteiger partial charge in [0.1, 0.15) is 17.6 Å². The molecule has 0 heterocycles. The molecule has 6 aliphatic rings. The first-order chi connectivity index (χ1) is 17.8. The predicted octanol–water partition coefficient (Wildman–Crippen LogP) is 5.29. The van der Waals surface area contributed by atoms with Crippen LogP contribution in [0, 0.1) is 57.7 Å². The number of rotatable bonds is 5. The number of carbonyl (C=O) groups is 4. The van der Waals surface area contributed by atoms with Gasteiger partial charge in [-0.15, -0.1) is 0 Å². The minimum Gasteiger partial charge on any atom is -0.467 e. The summed E-state index contributed by atoms with van der Waals surface area (Å²) in [7, 11) is 1.37. The topological polar surface area (TPSA) is 89.5 Å². The van der Waals surface area contributed by atoms with Crippen LogP contribution in [-0.4, -0.2) is 36.6 Å². The predicted molar refractivity (Wildman–Crippen MR) is 145 cm³/mol. The Kier molecular flexibility index (Phi) is 6.75. The van der Waals surface area contributed by atoms with Crippen molar-refractivity contribution in [2.75, 3.05) is 7.11 Å². The van der Waals surface area contributed by atoms with Crippen LogP contribution in [0.1, 0.15) is 92.9 Å². The zero-order valence-electron chi connectivity index (χ0n) is 24.4. The van der Waals surface area contributed by atoms with Crippen molar-refractivity contribution in [2.45, 2.75) is 99.0 Å². The van der Waals surface area contributed by atoms with Crippen LogP contribution in [0.5, 0.6) is 0 Å². The lowest BCUT2D eigenvalue weighted by Gasteiger charge is -2.70. The highest BCUT2D eigenvalue weighted by Crippen LogP contribution is 2.74. The molecule has 1 spiro atoms. The number of methoxy groups -OCH3 is 1. The molecule has 0 aromatic rings. The summed E-state index contributed by atoms with van der Waals surface area (Å²) in [5.74, 6) is 0.675. The van der Waals surface area contributed by atoms with E-state index in [1.165, 1.54) is 12.7 Å². The van der Waals surface area contributed by atoms with E-state index in [1.807, 2.05) is 13.8 Å². The van der Waals surface area contributed by atoms with Gasteiger partial charge in [0.2, 0.25) is 5.91 Å². The Balaban J connectivity index is 1.53. The van der Waals surface area contributed by atoms with Crippen molar-refractivity contribution >= 4 is 23.4 Å². The first-order valence-electron chi connectivity index (χ1n) is 15.0. The van der Waals surface area contributed by atoms with Crippen molar-refractivity contribution in [1.29, 1.82) is 0 Å². The van der Waals surface area contributed by atoms with E-state index in [1.54, 1.807) is 0 Å². The minimum atomic E-state index is -0.665. The Morgan fingerprint density at radius 2 is 1.68 bits per heavy atom. The van der Waals surface area contributed by atoms with Crippen molar-refractivity contribution < 1.29 is 23.9 Å². The average Bonchev–Trinajstić information content (AvgIpc) is 2.87. The second kappa shape index (κ2) is 9.30. The summed E-state index contributed by atoms with van der Waals surface area (Å²) < 4.78 is 5.00. The number of allylic oxidation sites excluding steroid dienone is 2. The molecule has 0 aliphatic heterocycles. The van der Waals surface area contributed by atoms with Crippen LogP contribution in [0.4, 0.5) is 0 Å². The number of hydrogen-bond acceptors (Lipinski definition) is 5. The number of ketones is 2. The molecule has 38 heavy (non-hydrogen) atoms. The van der Waals surface area contributed by atoms with Crippen LogP contribution in [0.25, 0.3) is 0 Å². The molecule has 0 aromatic carbocycles. The fraction of sp³-hybridized carbons (Fsp3) is 0.812. The number of amides is 1. The van der Waals surface area contributed by atoms with Gasteiger partial charge in [0.25, 0.3) is 0 Å². The maximum atomic E-state index is 14.0. The third-order valence-corrected chi connectivity index (χ3v) is 11.9. The van der Waals surface area contributed by atoms with Crippen LogP contribution in [0.3, 0.4) is 0 Å². The van der Waals surface area contributed by atoms with Gasteiger partial charge < -0.3 is 10.1 Å². The molecular formula is C32H47NO5. The van der Waals surface area contributed by atoms with Gasteiger partial charge in [0.05, 0.1) is 7.11 Å². The van der Waals surface area contributed by atoms with Crippen LogP contribution in [-0.2, 0) is 23.9 Å². The van der Waals surface area contributed by atoms with Crippen LogP contribution in [0.2, 0.25) is 0 Å². The minimum absolute atomic E-state index is 0.0466. The van der Waals surface area contributed by atoms with Crippen LogP contribution in [0.15, 0.2) is 11.6 Å². The first-order valence-corrected chi connectivity index (χ1v) is 15.0. The van der Waals surface area contributed by atoms with E-state index in [0.29, 0.717) is 30.3 Å². The summed E-state index contributed by atoms with van der Waals surface area (Å²) >= 11 is 0. The van der Waals surface area contributed by atoms with E-state index in [9.17, 15) is 19.2 Å². The summed E-state index contributed by atoms with van der Waals surface area (Å²) in [6.07, 6.45) is 8.71. The fourth-order valence-electron chi connectivity index (χ4n) is 10.3. The normalized spacial score (nSPS) is 42.7. The van der Waals surface area contributed by atoms with E-state index in [4.69, 9.17) is 4.74 Å². The van der Waals surface area contributed by atoms with Gasteiger partial charge in [-0.1, -0.05) is 59.6 Å². The number of Topliss-reactive ketones (excluding diaryl/α,β-unsaturated/α-hetero) is 2. The number of ether oxygens (including phenoxy) is 1. The van der Waals surface area contributed by atoms with Crippen LogP contribution >= 0.6 is 0 Å². The van der Waals surface area contributed by atoms with Crippen molar-refractivity contribution in [1.82, 2.24) is 5.32 Å². The number of carbonyl (C=O) groups excluding carboxylic acids is 4. The molecule has 1 N–H and O–H groups in total. The van der Waals surface area contributed by atoms with E-state index in [-0.39, 0.29) is 52.2 Å². The highest BCUT2D eigenvalue weighted by Gasteiger charge is 2.70. The molecular weight excluding hydrogens is 478 g/mol. The zero-order valence-corrected chi connectivity index (χ0v) is 24.4. The van der Waals surface area contributed by atoms with Gasteiger partial charge in [-0.2, -0.15) is 0 Å². The lowest BCUT2D eigenvalue weighted by atomic mass is 9.33. The summed E-state index contributed by atoms with van der Waals surface area (Å²) in [6.45, 7) is 12.8. The molecule has 1 unspecified atom stereocenters. The second-order valence-corrected chi connectivity index (χ2v) is 14.3. The molecule has 2 bridgehead atoms. The molecule has 0 radical (unpaired) electrons. The third kappa shape index (κ3) is 3.71. The second-order valence-electron chi connectivity index (χ2n) is 14.3. The van der Waals surface area contributed by atoms with Gasteiger partial charge in [0, 0.05) is 35.5 Å². The highest BCUT2D eigenvalue weighted by atomic mass is 16.5. The summed E-state index contributed by atoms with van der Waals surface area (Å²) in [4.78, 5) is 53.4. The lowest BCUT2D eigenvalue weighted by Crippen LogP contribution is -2.68. The van der Waals surface area contributed by atoms with E-state index in [2.05, 4.69) is 39.1 Å². The van der Waals surface area contributed by atoms with E-state index < -0.39 is 17.4 Å². The Morgan fingerprint density at radius 1 is 1.00 bits per heavy atom.